The summed E-state index contributed by atoms with van der Waals surface area (Å²) in [6, 6.07) is 11.0. The molecule has 0 aromatic heterocycles. The predicted octanol–water partition coefficient (Wildman–Crippen LogP) is 3.09. The number of fused-ring (bicyclic) bond motifs is 3. The molecule has 18 heavy (non-hydrogen) atoms. The van der Waals surface area contributed by atoms with E-state index in [-0.39, 0.29) is 5.54 Å². The number of hydrogen-bond acceptors (Lipinski definition) is 2. The highest BCUT2D eigenvalue weighted by atomic mass is 15.0. The summed E-state index contributed by atoms with van der Waals surface area (Å²) in [4.78, 5) is 4.95. The SMILES string of the molecule is NC1=NC2(CC1)C1CCC(C1)C2c1ccccc1. The zero-order valence-electron chi connectivity index (χ0n) is 10.7. The lowest BCUT2D eigenvalue weighted by atomic mass is 9.69. The molecule has 94 valence electrons. The van der Waals surface area contributed by atoms with Crippen molar-refractivity contribution in [3.8, 4) is 0 Å². The zero-order chi connectivity index (χ0) is 12.2. The van der Waals surface area contributed by atoms with Crippen molar-refractivity contribution in [2.75, 3.05) is 0 Å². The van der Waals surface area contributed by atoms with Crippen molar-refractivity contribution in [2.24, 2.45) is 22.6 Å². The second-order valence-electron chi connectivity index (χ2n) is 6.25. The molecule has 4 atom stereocenters. The monoisotopic (exact) mass is 240 g/mol. The molecular formula is C16H20N2. The number of benzene rings is 1. The molecule has 2 fully saturated rings. The van der Waals surface area contributed by atoms with Crippen molar-refractivity contribution in [3.05, 3.63) is 35.9 Å². The van der Waals surface area contributed by atoms with Crippen LogP contribution in [0.15, 0.2) is 35.3 Å². The summed E-state index contributed by atoms with van der Waals surface area (Å²) >= 11 is 0. The minimum atomic E-state index is 0.161. The number of nitrogens with two attached hydrogens (primary N) is 1. The van der Waals surface area contributed by atoms with E-state index in [9.17, 15) is 0 Å². The van der Waals surface area contributed by atoms with E-state index in [0.29, 0.717) is 5.92 Å². The Labute approximate surface area is 108 Å². The Hall–Kier alpha value is -1.31. The van der Waals surface area contributed by atoms with Crippen LogP contribution in [0.4, 0.5) is 0 Å². The van der Waals surface area contributed by atoms with Gasteiger partial charge in [0.25, 0.3) is 0 Å². The normalized spacial score (nSPS) is 41.6. The number of aliphatic imine (C=N–C) groups is 1. The maximum absolute atomic E-state index is 6.01. The number of hydrogen-bond donors (Lipinski definition) is 1. The highest BCUT2D eigenvalue weighted by molar-refractivity contribution is 5.83. The fourth-order valence-corrected chi connectivity index (χ4v) is 4.88. The molecule has 2 aliphatic carbocycles. The molecule has 1 aliphatic heterocycles. The van der Waals surface area contributed by atoms with Gasteiger partial charge in [-0.3, -0.25) is 4.99 Å². The van der Waals surface area contributed by atoms with Gasteiger partial charge in [-0.05, 0) is 43.1 Å². The largest absolute Gasteiger partial charge is 0.387 e. The summed E-state index contributed by atoms with van der Waals surface area (Å²) in [5.41, 5.74) is 7.66. The third-order valence-electron chi connectivity index (χ3n) is 5.48. The molecule has 0 radical (unpaired) electrons. The van der Waals surface area contributed by atoms with Crippen LogP contribution >= 0.6 is 0 Å². The van der Waals surface area contributed by atoms with Gasteiger partial charge in [-0.25, -0.2) is 0 Å². The summed E-state index contributed by atoms with van der Waals surface area (Å²) < 4.78 is 0. The lowest BCUT2D eigenvalue weighted by Crippen LogP contribution is -2.38. The first-order chi connectivity index (χ1) is 8.79. The lowest BCUT2D eigenvalue weighted by molar-refractivity contribution is 0.234. The minimum Gasteiger partial charge on any atom is -0.387 e. The molecule has 1 spiro atoms. The average Bonchev–Trinajstić information content (AvgIpc) is 3.06. The Balaban J connectivity index is 1.81. The third kappa shape index (κ3) is 1.26. The van der Waals surface area contributed by atoms with Crippen LogP contribution in [-0.4, -0.2) is 11.4 Å². The van der Waals surface area contributed by atoms with Crippen LogP contribution in [0.3, 0.4) is 0 Å². The van der Waals surface area contributed by atoms with Crippen LogP contribution in [0.5, 0.6) is 0 Å². The van der Waals surface area contributed by atoms with Crippen molar-refractivity contribution >= 4 is 5.84 Å². The smallest absolute Gasteiger partial charge is 0.0945 e. The number of rotatable bonds is 1. The first-order valence-corrected chi connectivity index (χ1v) is 7.19. The van der Waals surface area contributed by atoms with Crippen molar-refractivity contribution in [2.45, 2.75) is 43.6 Å². The molecule has 1 aromatic carbocycles. The van der Waals surface area contributed by atoms with Gasteiger partial charge in [0.1, 0.15) is 0 Å². The molecule has 3 aliphatic rings. The fourth-order valence-electron chi connectivity index (χ4n) is 4.88. The van der Waals surface area contributed by atoms with E-state index in [4.69, 9.17) is 10.7 Å². The molecule has 2 heteroatoms. The van der Waals surface area contributed by atoms with Gasteiger partial charge in [0.2, 0.25) is 0 Å². The predicted molar refractivity (Wildman–Crippen MR) is 73.6 cm³/mol. The van der Waals surface area contributed by atoms with Gasteiger partial charge in [0, 0.05) is 12.3 Å². The van der Waals surface area contributed by atoms with Crippen LogP contribution in [0.2, 0.25) is 0 Å². The van der Waals surface area contributed by atoms with E-state index >= 15 is 0 Å². The van der Waals surface area contributed by atoms with Gasteiger partial charge < -0.3 is 5.73 Å². The van der Waals surface area contributed by atoms with Crippen LogP contribution in [0, 0.1) is 11.8 Å². The van der Waals surface area contributed by atoms with E-state index in [1.165, 1.54) is 31.2 Å². The molecule has 1 aromatic rings. The van der Waals surface area contributed by atoms with Gasteiger partial charge in [-0.1, -0.05) is 30.3 Å². The molecule has 2 N–H and O–H groups in total. The second-order valence-corrected chi connectivity index (χ2v) is 6.25. The molecule has 4 rings (SSSR count). The van der Waals surface area contributed by atoms with Gasteiger partial charge >= 0.3 is 0 Å². The highest BCUT2D eigenvalue weighted by Crippen LogP contribution is 2.63. The number of amidine groups is 1. The topological polar surface area (TPSA) is 38.4 Å². The fraction of sp³-hybridized carbons (Fsp3) is 0.562. The standard InChI is InChI=1S/C16H20N2/c17-14-8-9-16(18-14)13-7-6-12(10-13)15(16)11-4-2-1-3-5-11/h1-5,12-13,15H,6-10H2,(H2,17,18). The first-order valence-electron chi connectivity index (χ1n) is 7.19. The Morgan fingerprint density at radius 3 is 2.72 bits per heavy atom. The molecule has 2 nitrogen and oxygen atoms in total. The van der Waals surface area contributed by atoms with E-state index in [1.807, 2.05) is 0 Å². The van der Waals surface area contributed by atoms with Gasteiger partial charge in [-0.2, -0.15) is 0 Å². The zero-order valence-corrected chi connectivity index (χ0v) is 10.7. The average molecular weight is 240 g/mol. The maximum Gasteiger partial charge on any atom is 0.0945 e. The van der Waals surface area contributed by atoms with Crippen LogP contribution in [0.25, 0.3) is 0 Å². The van der Waals surface area contributed by atoms with Crippen LogP contribution in [0.1, 0.15) is 43.6 Å². The Morgan fingerprint density at radius 2 is 2.00 bits per heavy atom. The summed E-state index contributed by atoms with van der Waals surface area (Å²) in [5.74, 6) is 3.14. The van der Waals surface area contributed by atoms with Crippen LogP contribution < -0.4 is 5.73 Å². The van der Waals surface area contributed by atoms with Crippen molar-refractivity contribution in [3.63, 3.8) is 0 Å². The molecule has 4 unspecified atom stereocenters. The third-order valence-corrected chi connectivity index (χ3v) is 5.48. The first kappa shape index (κ1) is 10.6. The van der Waals surface area contributed by atoms with Gasteiger partial charge in [-0.15, -0.1) is 0 Å². The Bertz CT molecular complexity index is 493. The molecule has 1 heterocycles. The number of nitrogens with zero attached hydrogens (tertiary/aromatic N) is 1. The van der Waals surface area contributed by atoms with E-state index in [2.05, 4.69) is 30.3 Å². The molecule has 0 saturated heterocycles. The summed E-state index contributed by atoms with van der Waals surface area (Å²) in [7, 11) is 0. The van der Waals surface area contributed by atoms with E-state index in [0.717, 1.165) is 24.1 Å². The summed E-state index contributed by atoms with van der Waals surface area (Å²) in [6.45, 7) is 0. The molecule has 0 amide bonds. The highest BCUT2D eigenvalue weighted by Gasteiger charge is 2.59. The maximum atomic E-state index is 6.01. The van der Waals surface area contributed by atoms with Crippen molar-refractivity contribution in [1.82, 2.24) is 0 Å². The minimum absolute atomic E-state index is 0.161. The lowest BCUT2D eigenvalue weighted by Gasteiger charge is -2.39. The van der Waals surface area contributed by atoms with Crippen molar-refractivity contribution < 1.29 is 0 Å². The molecular weight excluding hydrogens is 220 g/mol. The molecule has 2 saturated carbocycles. The Morgan fingerprint density at radius 1 is 1.17 bits per heavy atom. The van der Waals surface area contributed by atoms with Gasteiger partial charge in [0.05, 0.1) is 11.4 Å². The Kier molecular flexibility index (Phi) is 2.12. The summed E-state index contributed by atoms with van der Waals surface area (Å²) in [5, 5.41) is 0. The summed E-state index contributed by atoms with van der Waals surface area (Å²) in [6.07, 6.45) is 6.31. The van der Waals surface area contributed by atoms with Crippen LogP contribution in [-0.2, 0) is 0 Å². The van der Waals surface area contributed by atoms with Gasteiger partial charge in [0.15, 0.2) is 0 Å². The van der Waals surface area contributed by atoms with Crippen molar-refractivity contribution in [1.29, 1.82) is 0 Å². The second kappa shape index (κ2) is 3.59. The quantitative estimate of drug-likeness (QED) is 0.805. The van der Waals surface area contributed by atoms with E-state index < -0.39 is 0 Å². The van der Waals surface area contributed by atoms with E-state index in [1.54, 1.807) is 0 Å². The molecule has 2 bridgehead atoms.